The maximum Gasteiger partial charge on any atom is 0.255 e. The number of benzene rings is 3. The van der Waals surface area contributed by atoms with Crippen LogP contribution in [0, 0.1) is 5.82 Å². The van der Waals surface area contributed by atoms with Crippen molar-refractivity contribution >= 4 is 29.1 Å². The zero-order valence-corrected chi connectivity index (χ0v) is 19.5. The number of fused-ring (bicyclic) bond motifs is 1. The van der Waals surface area contributed by atoms with Gasteiger partial charge < -0.3 is 15.4 Å². The summed E-state index contributed by atoms with van der Waals surface area (Å²) in [5.41, 5.74) is 3.08. The third-order valence-corrected chi connectivity index (χ3v) is 5.94. The van der Waals surface area contributed by atoms with Crippen molar-refractivity contribution < 1.29 is 13.9 Å². The highest BCUT2D eigenvalue weighted by Gasteiger charge is 2.33. The molecule has 0 saturated heterocycles. The molecule has 35 heavy (non-hydrogen) atoms. The van der Waals surface area contributed by atoms with Crippen LogP contribution in [-0.2, 0) is 11.4 Å². The van der Waals surface area contributed by atoms with E-state index in [-0.39, 0.29) is 18.3 Å². The molecule has 0 radical (unpaired) electrons. The van der Waals surface area contributed by atoms with Gasteiger partial charge in [-0.2, -0.15) is 10.1 Å². The van der Waals surface area contributed by atoms with Crippen LogP contribution in [0.3, 0.4) is 0 Å². The molecule has 4 aromatic rings. The molecule has 3 aromatic carbocycles. The van der Waals surface area contributed by atoms with Gasteiger partial charge in [0.2, 0.25) is 5.95 Å². The number of halogens is 2. The fourth-order valence-corrected chi connectivity index (χ4v) is 4.07. The molecule has 2 N–H and O–H groups in total. The van der Waals surface area contributed by atoms with Crippen molar-refractivity contribution in [3.8, 4) is 5.75 Å². The number of hydrogen-bond acceptors (Lipinski definition) is 5. The van der Waals surface area contributed by atoms with Crippen LogP contribution in [0.5, 0.6) is 5.75 Å². The minimum absolute atomic E-state index is 0.111. The number of ether oxygens (including phenoxy) is 1. The molecule has 7 nitrogen and oxygen atoms in total. The number of carbonyl (C=O) groups excluding carboxylic acids is 1. The van der Waals surface area contributed by atoms with Crippen LogP contribution < -0.4 is 15.4 Å². The lowest BCUT2D eigenvalue weighted by Crippen LogP contribution is -2.31. The van der Waals surface area contributed by atoms with Crippen molar-refractivity contribution in [2.45, 2.75) is 19.6 Å². The number of carbonyl (C=O) groups is 1. The lowest BCUT2D eigenvalue weighted by atomic mass is 9.95. The van der Waals surface area contributed by atoms with Gasteiger partial charge in [-0.3, -0.25) is 4.79 Å². The molecular weight excluding hydrogens is 469 g/mol. The highest BCUT2D eigenvalue weighted by atomic mass is 35.5. The third-order valence-electron chi connectivity index (χ3n) is 5.69. The Morgan fingerprint density at radius 1 is 1.11 bits per heavy atom. The monoisotopic (exact) mass is 489 g/mol. The van der Waals surface area contributed by atoms with Crippen LogP contribution in [-0.4, -0.2) is 20.7 Å². The van der Waals surface area contributed by atoms with Crippen molar-refractivity contribution in [1.29, 1.82) is 0 Å². The van der Waals surface area contributed by atoms with E-state index in [1.165, 1.54) is 12.4 Å². The number of anilines is 2. The molecule has 1 aliphatic rings. The SMILES string of the molecule is CC1=C(C(=O)Nc2ccc(Cl)cc2)C(c2ccc(OCc3ccccc3F)cc2)n2ncnc2N1. The summed E-state index contributed by atoms with van der Waals surface area (Å²) in [4.78, 5) is 17.6. The number of hydrogen-bond donors (Lipinski definition) is 2. The van der Waals surface area contributed by atoms with E-state index in [2.05, 4.69) is 20.7 Å². The van der Waals surface area contributed by atoms with Crippen LogP contribution in [0.1, 0.15) is 24.1 Å². The Morgan fingerprint density at radius 2 is 1.86 bits per heavy atom. The molecule has 1 unspecified atom stereocenters. The summed E-state index contributed by atoms with van der Waals surface area (Å²) in [6.45, 7) is 1.94. The molecule has 0 spiro atoms. The minimum atomic E-state index is -0.512. The van der Waals surface area contributed by atoms with Crippen molar-refractivity contribution in [2.24, 2.45) is 0 Å². The maximum atomic E-state index is 13.9. The summed E-state index contributed by atoms with van der Waals surface area (Å²) in [7, 11) is 0. The van der Waals surface area contributed by atoms with Gasteiger partial charge in [-0.1, -0.05) is 41.9 Å². The molecule has 0 fully saturated rings. The van der Waals surface area contributed by atoms with Crippen LogP contribution in [0.15, 0.2) is 90.4 Å². The first-order valence-electron chi connectivity index (χ1n) is 10.9. The number of amides is 1. The van der Waals surface area contributed by atoms with Crippen molar-refractivity contribution in [1.82, 2.24) is 14.8 Å². The van der Waals surface area contributed by atoms with Gasteiger partial charge in [0, 0.05) is 22.0 Å². The molecule has 5 rings (SSSR count). The standard InChI is InChI=1S/C26H21ClFN5O2/c1-16-23(25(34)32-20-10-8-19(27)9-11-20)24(33-26(31-16)29-15-30-33)17-6-12-21(13-7-17)35-14-18-4-2-3-5-22(18)28/h2-13,15,24H,14H2,1H3,(H,32,34)(H,29,30,31). The molecule has 1 amide bonds. The summed E-state index contributed by atoms with van der Waals surface area (Å²) in [6, 6.07) is 20.2. The Morgan fingerprint density at radius 3 is 2.60 bits per heavy atom. The number of rotatable bonds is 6. The molecule has 1 atom stereocenters. The summed E-state index contributed by atoms with van der Waals surface area (Å²) >= 11 is 5.97. The minimum Gasteiger partial charge on any atom is -0.489 e. The highest BCUT2D eigenvalue weighted by Crippen LogP contribution is 2.36. The van der Waals surface area contributed by atoms with E-state index >= 15 is 0 Å². The van der Waals surface area contributed by atoms with Crippen LogP contribution >= 0.6 is 11.6 Å². The van der Waals surface area contributed by atoms with Gasteiger partial charge in [0.25, 0.3) is 5.91 Å². The largest absolute Gasteiger partial charge is 0.489 e. The molecule has 2 heterocycles. The third kappa shape index (κ3) is 4.74. The zero-order chi connectivity index (χ0) is 24.4. The fraction of sp³-hybridized carbons (Fsp3) is 0.115. The number of nitrogens with one attached hydrogen (secondary N) is 2. The quantitative estimate of drug-likeness (QED) is 0.369. The van der Waals surface area contributed by atoms with E-state index in [9.17, 15) is 9.18 Å². The summed E-state index contributed by atoms with van der Waals surface area (Å²) in [5.74, 6) is 0.533. The number of allylic oxidation sites excluding steroid dienone is 1. The first-order valence-corrected chi connectivity index (χ1v) is 11.3. The molecule has 0 aliphatic carbocycles. The number of nitrogens with zero attached hydrogens (tertiary/aromatic N) is 3. The second kappa shape index (κ2) is 9.60. The zero-order valence-electron chi connectivity index (χ0n) is 18.7. The van der Waals surface area contributed by atoms with E-state index in [1.807, 2.05) is 19.1 Å². The van der Waals surface area contributed by atoms with Crippen LogP contribution in [0.2, 0.25) is 5.02 Å². The van der Waals surface area contributed by atoms with E-state index in [1.54, 1.807) is 59.3 Å². The Hall–Kier alpha value is -4.17. The van der Waals surface area contributed by atoms with E-state index in [0.717, 1.165) is 5.56 Å². The summed E-state index contributed by atoms with van der Waals surface area (Å²) < 4.78 is 21.3. The fourth-order valence-electron chi connectivity index (χ4n) is 3.95. The maximum absolute atomic E-state index is 13.9. The first-order chi connectivity index (χ1) is 17.0. The summed E-state index contributed by atoms with van der Waals surface area (Å²) in [5, 5.41) is 11.0. The van der Waals surface area contributed by atoms with Gasteiger partial charge >= 0.3 is 0 Å². The average molecular weight is 490 g/mol. The highest BCUT2D eigenvalue weighted by molar-refractivity contribution is 6.30. The average Bonchev–Trinajstić information content (AvgIpc) is 3.32. The van der Waals surface area contributed by atoms with Gasteiger partial charge in [0.15, 0.2) is 0 Å². The van der Waals surface area contributed by atoms with Gasteiger partial charge in [0.1, 0.15) is 30.5 Å². The molecule has 0 saturated carbocycles. The molecular formula is C26H21ClFN5O2. The van der Waals surface area contributed by atoms with E-state index in [0.29, 0.717) is 39.2 Å². The molecule has 0 bridgehead atoms. The molecule has 176 valence electrons. The van der Waals surface area contributed by atoms with Gasteiger partial charge in [-0.15, -0.1) is 0 Å². The second-order valence-electron chi connectivity index (χ2n) is 8.00. The lowest BCUT2D eigenvalue weighted by Gasteiger charge is -2.28. The molecule has 1 aliphatic heterocycles. The second-order valence-corrected chi connectivity index (χ2v) is 8.44. The van der Waals surface area contributed by atoms with E-state index < -0.39 is 6.04 Å². The lowest BCUT2D eigenvalue weighted by molar-refractivity contribution is -0.113. The smallest absolute Gasteiger partial charge is 0.255 e. The Kier molecular flexibility index (Phi) is 6.20. The Labute approximate surface area is 206 Å². The predicted molar refractivity (Wildman–Crippen MR) is 132 cm³/mol. The number of aromatic nitrogens is 3. The van der Waals surface area contributed by atoms with Crippen molar-refractivity contribution in [3.05, 3.63) is 112 Å². The normalized spacial score (nSPS) is 14.8. The Balaban J connectivity index is 1.41. The predicted octanol–water partition coefficient (Wildman–Crippen LogP) is 5.58. The Bertz CT molecular complexity index is 1400. The topological polar surface area (TPSA) is 81.1 Å². The van der Waals surface area contributed by atoms with Gasteiger partial charge in [-0.25, -0.2) is 9.07 Å². The van der Waals surface area contributed by atoms with Gasteiger partial charge in [-0.05, 0) is 55.0 Å². The first kappa shape index (κ1) is 22.6. The van der Waals surface area contributed by atoms with Crippen molar-refractivity contribution in [3.63, 3.8) is 0 Å². The van der Waals surface area contributed by atoms with Crippen LogP contribution in [0.4, 0.5) is 16.0 Å². The van der Waals surface area contributed by atoms with E-state index in [4.69, 9.17) is 16.3 Å². The van der Waals surface area contributed by atoms with Crippen LogP contribution in [0.25, 0.3) is 0 Å². The van der Waals surface area contributed by atoms with Crippen molar-refractivity contribution in [2.75, 3.05) is 10.6 Å². The molecule has 1 aromatic heterocycles. The van der Waals surface area contributed by atoms with Gasteiger partial charge in [0.05, 0.1) is 5.57 Å². The molecule has 9 heteroatoms. The summed E-state index contributed by atoms with van der Waals surface area (Å²) in [6.07, 6.45) is 1.44.